The average molecular weight is 129 g/mol. The van der Waals surface area contributed by atoms with E-state index < -0.39 is 0 Å². The highest BCUT2D eigenvalue weighted by Gasteiger charge is 2.16. The molecule has 1 aliphatic rings. The second-order valence-electron chi connectivity index (χ2n) is 2.61. The first-order chi connectivity index (χ1) is 4.30. The summed E-state index contributed by atoms with van der Waals surface area (Å²) < 4.78 is 0. The van der Waals surface area contributed by atoms with Crippen LogP contribution in [-0.2, 0) is 0 Å². The van der Waals surface area contributed by atoms with Gasteiger partial charge in [-0.05, 0) is 24.9 Å². The Kier molecular flexibility index (Phi) is 4.78. The summed E-state index contributed by atoms with van der Waals surface area (Å²) >= 11 is 0. The number of hydrogen-bond acceptors (Lipinski definition) is 1. The van der Waals surface area contributed by atoms with Crippen molar-refractivity contribution >= 4 is 0 Å². The van der Waals surface area contributed by atoms with Crippen molar-refractivity contribution in [3.63, 3.8) is 0 Å². The Balaban J connectivity index is 0.000000291. The van der Waals surface area contributed by atoms with Crippen LogP contribution in [0.2, 0.25) is 0 Å². The topological polar surface area (TPSA) is 12.0 Å². The lowest BCUT2D eigenvalue weighted by atomic mass is 10.0. The summed E-state index contributed by atoms with van der Waals surface area (Å²) in [4.78, 5) is 0. The zero-order valence-electron chi connectivity index (χ0n) is 7.07. The van der Waals surface area contributed by atoms with Crippen molar-refractivity contribution in [2.24, 2.45) is 11.8 Å². The minimum absolute atomic E-state index is 0.903. The number of nitrogens with one attached hydrogen (secondary N) is 1. The van der Waals surface area contributed by atoms with Gasteiger partial charge in [-0.25, -0.2) is 0 Å². The molecule has 0 unspecified atom stereocenters. The Morgan fingerprint density at radius 3 is 1.44 bits per heavy atom. The van der Waals surface area contributed by atoms with Gasteiger partial charge in [0.15, 0.2) is 0 Å². The maximum Gasteiger partial charge on any atom is -0.00200 e. The molecule has 0 bridgehead atoms. The first-order valence-corrected chi connectivity index (χ1v) is 4.01. The monoisotopic (exact) mass is 129 g/mol. The van der Waals surface area contributed by atoms with E-state index in [2.05, 4.69) is 19.2 Å². The van der Waals surface area contributed by atoms with Crippen molar-refractivity contribution in [2.75, 3.05) is 13.1 Å². The van der Waals surface area contributed by atoms with E-state index in [1.54, 1.807) is 0 Å². The Morgan fingerprint density at radius 1 is 1.00 bits per heavy atom. The molecule has 0 aliphatic carbocycles. The van der Waals surface area contributed by atoms with Gasteiger partial charge < -0.3 is 5.32 Å². The van der Waals surface area contributed by atoms with Crippen LogP contribution in [0.3, 0.4) is 0 Å². The molecule has 0 aromatic rings. The summed E-state index contributed by atoms with van der Waals surface area (Å²) in [6.07, 6.45) is 0. The van der Waals surface area contributed by atoms with E-state index in [0.29, 0.717) is 0 Å². The van der Waals surface area contributed by atoms with Crippen LogP contribution in [0, 0.1) is 11.8 Å². The highest BCUT2D eigenvalue weighted by molar-refractivity contribution is 4.73. The predicted molar refractivity (Wildman–Crippen MR) is 42.5 cm³/mol. The molecule has 0 spiro atoms. The normalized spacial score (nSPS) is 33.3. The summed E-state index contributed by atoms with van der Waals surface area (Å²) in [7, 11) is 0. The fourth-order valence-electron chi connectivity index (χ4n) is 0.941. The molecular weight excluding hydrogens is 110 g/mol. The molecule has 56 valence electrons. The van der Waals surface area contributed by atoms with Crippen LogP contribution in [0.4, 0.5) is 0 Å². The maximum absolute atomic E-state index is 3.32. The van der Waals surface area contributed by atoms with Gasteiger partial charge in [-0.15, -0.1) is 0 Å². The van der Waals surface area contributed by atoms with Crippen LogP contribution in [-0.4, -0.2) is 13.1 Å². The molecule has 1 N–H and O–H groups in total. The Hall–Kier alpha value is -0.0400. The van der Waals surface area contributed by atoms with Gasteiger partial charge in [0.1, 0.15) is 0 Å². The first-order valence-electron chi connectivity index (χ1n) is 4.01. The van der Waals surface area contributed by atoms with Crippen LogP contribution in [0.5, 0.6) is 0 Å². The van der Waals surface area contributed by atoms with Crippen molar-refractivity contribution in [1.29, 1.82) is 0 Å². The van der Waals surface area contributed by atoms with E-state index in [1.807, 2.05) is 13.8 Å². The summed E-state index contributed by atoms with van der Waals surface area (Å²) in [5.41, 5.74) is 0. The first kappa shape index (κ1) is 8.96. The zero-order valence-corrected chi connectivity index (χ0v) is 7.07. The molecule has 1 rings (SSSR count). The van der Waals surface area contributed by atoms with Gasteiger partial charge in [0.2, 0.25) is 0 Å². The summed E-state index contributed by atoms with van der Waals surface area (Å²) in [6.45, 7) is 11.0. The molecule has 1 saturated heterocycles. The van der Waals surface area contributed by atoms with Gasteiger partial charge >= 0.3 is 0 Å². The third kappa shape index (κ3) is 2.85. The summed E-state index contributed by atoms with van der Waals surface area (Å²) in [5, 5.41) is 3.32. The molecule has 0 amide bonds. The van der Waals surface area contributed by atoms with E-state index >= 15 is 0 Å². The maximum atomic E-state index is 3.32. The molecule has 1 aliphatic heterocycles. The molecule has 1 fully saturated rings. The molecule has 0 saturated carbocycles. The predicted octanol–water partition coefficient (Wildman–Crippen LogP) is 1.89. The second kappa shape index (κ2) is 4.80. The van der Waals surface area contributed by atoms with E-state index in [0.717, 1.165) is 11.8 Å². The van der Waals surface area contributed by atoms with Crippen molar-refractivity contribution < 1.29 is 0 Å². The minimum Gasteiger partial charge on any atom is -0.316 e. The van der Waals surface area contributed by atoms with Gasteiger partial charge in [-0.3, -0.25) is 0 Å². The largest absolute Gasteiger partial charge is 0.316 e. The lowest BCUT2D eigenvalue weighted by molar-refractivity contribution is 0.494. The van der Waals surface area contributed by atoms with Crippen LogP contribution < -0.4 is 5.32 Å². The van der Waals surface area contributed by atoms with Crippen LogP contribution >= 0.6 is 0 Å². The molecule has 2 atom stereocenters. The Labute approximate surface area is 58.8 Å². The second-order valence-corrected chi connectivity index (χ2v) is 2.61. The Morgan fingerprint density at radius 2 is 1.33 bits per heavy atom. The van der Waals surface area contributed by atoms with Crippen molar-refractivity contribution in [2.45, 2.75) is 27.7 Å². The lowest BCUT2D eigenvalue weighted by Crippen LogP contribution is -2.06. The number of hydrogen-bond donors (Lipinski definition) is 1. The van der Waals surface area contributed by atoms with Crippen LogP contribution in [0.1, 0.15) is 27.7 Å². The van der Waals surface area contributed by atoms with E-state index in [-0.39, 0.29) is 0 Å². The fourth-order valence-corrected chi connectivity index (χ4v) is 0.941. The molecule has 1 heterocycles. The molecule has 1 nitrogen and oxygen atoms in total. The van der Waals surface area contributed by atoms with Crippen molar-refractivity contribution in [3.8, 4) is 0 Å². The molecule has 1 heteroatoms. The molecule has 0 radical (unpaired) electrons. The number of rotatable bonds is 0. The van der Waals surface area contributed by atoms with E-state index in [4.69, 9.17) is 0 Å². The third-order valence-corrected chi connectivity index (χ3v) is 1.90. The summed E-state index contributed by atoms with van der Waals surface area (Å²) in [6, 6.07) is 0. The highest BCUT2D eigenvalue weighted by atomic mass is 14.9. The standard InChI is InChI=1S/C6H13N.C2H6/c1-5-3-7-4-6(5)2;1-2/h5-7H,3-4H2,1-2H3;1-2H3/t5-,6-;/m0./s1. The quantitative estimate of drug-likeness (QED) is 0.526. The van der Waals surface area contributed by atoms with Crippen molar-refractivity contribution in [3.05, 3.63) is 0 Å². The fraction of sp³-hybridized carbons (Fsp3) is 1.00. The summed E-state index contributed by atoms with van der Waals surface area (Å²) in [5.74, 6) is 1.81. The van der Waals surface area contributed by atoms with Gasteiger partial charge in [0.05, 0.1) is 0 Å². The Bertz CT molecular complexity index is 53.6. The molecular formula is C8H19N. The zero-order chi connectivity index (χ0) is 7.28. The van der Waals surface area contributed by atoms with Gasteiger partial charge in [-0.2, -0.15) is 0 Å². The molecule has 0 aromatic heterocycles. The van der Waals surface area contributed by atoms with Gasteiger partial charge in [-0.1, -0.05) is 27.7 Å². The SMILES string of the molecule is CC.C[C@H]1CNC[C@@H]1C. The average Bonchev–Trinajstić information content (AvgIpc) is 2.23. The lowest BCUT2D eigenvalue weighted by Gasteiger charge is -2.03. The smallest absolute Gasteiger partial charge is 0.00200 e. The van der Waals surface area contributed by atoms with Crippen LogP contribution in [0.15, 0.2) is 0 Å². The van der Waals surface area contributed by atoms with Gasteiger partial charge in [0.25, 0.3) is 0 Å². The molecule has 9 heavy (non-hydrogen) atoms. The van der Waals surface area contributed by atoms with E-state index in [1.165, 1.54) is 13.1 Å². The highest BCUT2D eigenvalue weighted by Crippen LogP contribution is 2.13. The van der Waals surface area contributed by atoms with Crippen molar-refractivity contribution in [1.82, 2.24) is 5.32 Å². The van der Waals surface area contributed by atoms with E-state index in [9.17, 15) is 0 Å². The minimum atomic E-state index is 0.903. The third-order valence-electron chi connectivity index (χ3n) is 1.90. The van der Waals surface area contributed by atoms with Crippen LogP contribution in [0.25, 0.3) is 0 Å². The molecule has 0 aromatic carbocycles. The van der Waals surface area contributed by atoms with Gasteiger partial charge in [0, 0.05) is 0 Å².